The van der Waals surface area contributed by atoms with Crippen molar-refractivity contribution in [2.45, 2.75) is 12.8 Å². The van der Waals surface area contributed by atoms with Crippen LogP contribution in [0.5, 0.6) is 5.75 Å². The van der Waals surface area contributed by atoms with E-state index in [2.05, 4.69) is 0 Å². The van der Waals surface area contributed by atoms with E-state index in [4.69, 9.17) is 14.9 Å². The van der Waals surface area contributed by atoms with E-state index in [0.29, 0.717) is 18.8 Å². The lowest BCUT2D eigenvalue weighted by atomic mass is 10.2. The maximum Gasteiger partial charge on any atom is 0.323 e. The minimum Gasteiger partial charge on any atom is -0.494 e. The molecule has 2 N–H and O–H groups in total. The second kappa shape index (κ2) is 8.57. The number of hydrogen-bond acceptors (Lipinski definition) is 4. The van der Waals surface area contributed by atoms with Crippen LogP contribution >= 0.6 is 0 Å². The van der Waals surface area contributed by atoms with E-state index in [1.807, 2.05) is 18.2 Å². The molecule has 7 nitrogen and oxygen atoms in total. The van der Waals surface area contributed by atoms with Gasteiger partial charge >= 0.3 is 11.9 Å². The van der Waals surface area contributed by atoms with Gasteiger partial charge in [-0.2, -0.15) is 0 Å². The summed E-state index contributed by atoms with van der Waals surface area (Å²) in [5.74, 6) is -2.33. The van der Waals surface area contributed by atoms with Crippen molar-refractivity contribution in [3.05, 3.63) is 30.3 Å². The highest BCUT2D eigenvalue weighted by Crippen LogP contribution is 2.09. The molecule has 0 aliphatic carbocycles. The second-order valence-corrected chi connectivity index (χ2v) is 4.30. The molecule has 1 aromatic rings. The molecular formula is C14H17NO6. The fraction of sp³-hybridized carbons (Fsp3) is 0.357. The standard InChI is InChI=1S/C14H17NO6/c16-12(15(9-13(17)18)10-14(19)20)7-4-8-21-11-5-2-1-3-6-11/h1-3,5-6H,4,7-10H2,(H,17,18)(H,19,20). The minimum atomic E-state index is -1.25. The van der Waals surface area contributed by atoms with E-state index < -0.39 is 30.9 Å². The molecule has 0 unspecified atom stereocenters. The molecule has 1 amide bonds. The Kier molecular flexibility index (Phi) is 6.73. The maximum absolute atomic E-state index is 11.8. The van der Waals surface area contributed by atoms with Crippen molar-refractivity contribution in [2.24, 2.45) is 0 Å². The number of carboxylic acid groups (broad SMARTS) is 2. The number of carbonyl (C=O) groups excluding carboxylic acids is 1. The predicted molar refractivity (Wildman–Crippen MR) is 73.0 cm³/mol. The first-order valence-corrected chi connectivity index (χ1v) is 6.38. The van der Waals surface area contributed by atoms with Crippen molar-refractivity contribution in [3.63, 3.8) is 0 Å². The molecule has 7 heteroatoms. The Balaban J connectivity index is 2.35. The van der Waals surface area contributed by atoms with Crippen LogP contribution in [0, 0.1) is 0 Å². The summed E-state index contributed by atoms with van der Waals surface area (Å²) in [6, 6.07) is 9.06. The van der Waals surface area contributed by atoms with Crippen molar-refractivity contribution in [3.8, 4) is 5.75 Å². The molecule has 1 aromatic carbocycles. The number of para-hydroxylation sites is 1. The first kappa shape index (κ1) is 16.5. The van der Waals surface area contributed by atoms with Gasteiger partial charge < -0.3 is 19.8 Å². The van der Waals surface area contributed by atoms with Crippen LogP contribution in [0.1, 0.15) is 12.8 Å². The SMILES string of the molecule is O=C(O)CN(CC(=O)O)C(=O)CCCOc1ccccc1. The number of benzene rings is 1. The number of hydrogen-bond donors (Lipinski definition) is 2. The van der Waals surface area contributed by atoms with E-state index in [0.717, 1.165) is 4.90 Å². The molecular weight excluding hydrogens is 278 g/mol. The second-order valence-electron chi connectivity index (χ2n) is 4.30. The summed E-state index contributed by atoms with van der Waals surface area (Å²) in [6.07, 6.45) is 0.414. The first-order valence-electron chi connectivity index (χ1n) is 6.38. The Bertz CT molecular complexity index is 471. The predicted octanol–water partition coefficient (Wildman–Crippen LogP) is 0.843. The fourth-order valence-electron chi connectivity index (χ4n) is 1.65. The molecule has 0 saturated heterocycles. The van der Waals surface area contributed by atoms with Crippen molar-refractivity contribution in [1.82, 2.24) is 4.90 Å². The Morgan fingerprint density at radius 3 is 2.10 bits per heavy atom. The molecule has 0 spiro atoms. The monoisotopic (exact) mass is 295 g/mol. The zero-order valence-corrected chi connectivity index (χ0v) is 11.4. The number of carbonyl (C=O) groups is 3. The van der Waals surface area contributed by atoms with Crippen molar-refractivity contribution in [1.29, 1.82) is 0 Å². The van der Waals surface area contributed by atoms with E-state index in [1.165, 1.54) is 0 Å². The van der Waals surface area contributed by atoms with Gasteiger partial charge in [-0.1, -0.05) is 18.2 Å². The molecule has 0 heterocycles. The highest BCUT2D eigenvalue weighted by molar-refractivity contribution is 5.85. The van der Waals surface area contributed by atoms with Crippen LogP contribution < -0.4 is 4.74 Å². The summed E-state index contributed by atoms with van der Waals surface area (Å²) in [5, 5.41) is 17.3. The molecule has 0 bridgehead atoms. The summed E-state index contributed by atoms with van der Waals surface area (Å²) >= 11 is 0. The normalized spacial score (nSPS) is 9.90. The van der Waals surface area contributed by atoms with Gasteiger partial charge in [-0.25, -0.2) is 0 Å². The largest absolute Gasteiger partial charge is 0.494 e. The molecule has 114 valence electrons. The zero-order valence-electron chi connectivity index (χ0n) is 11.4. The van der Waals surface area contributed by atoms with Crippen LogP contribution in [0.25, 0.3) is 0 Å². The van der Waals surface area contributed by atoms with Crippen LogP contribution in [-0.2, 0) is 14.4 Å². The van der Waals surface area contributed by atoms with Gasteiger partial charge in [0.05, 0.1) is 6.61 Å². The maximum atomic E-state index is 11.8. The van der Waals surface area contributed by atoms with Gasteiger partial charge in [0.15, 0.2) is 0 Å². The highest BCUT2D eigenvalue weighted by atomic mass is 16.5. The Morgan fingerprint density at radius 2 is 1.57 bits per heavy atom. The molecule has 0 aliphatic rings. The quantitative estimate of drug-likeness (QED) is 0.654. The fourth-order valence-corrected chi connectivity index (χ4v) is 1.65. The third-order valence-corrected chi connectivity index (χ3v) is 2.55. The molecule has 0 aromatic heterocycles. The van der Waals surface area contributed by atoms with Crippen LogP contribution in [0.4, 0.5) is 0 Å². The van der Waals surface area contributed by atoms with E-state index in [-0.39, 0.29) is 6.42 Å². The third-order valence-electron chi connectivity index (χ3n) is 2.55. The molecule has 0 atom stereocenters. The van der Waals surface area contributed by atoms with Gasteiger partial charge in [-0.3, -0.25) is 14.4 Å². The Hall–Kier alpha value is -2.57. The van der Waals surface area contributed by atoms with Crippen LogP contribution in [0.3, 0.4) is 0 Å². The summed E-state index contributed by atoms with van der Waals surface area (Å²) in [4.78, 5) is 33.8. The zero-order chi connectivity index (χ0) is 15.7. The average molecular weight is 295 g/mol. The van der Waals surface area contributed by atoms with Crippen molar-refractivity contribution in [2.75, 3.05) is 19.7 Å². The minimum absolute atomic E-state index is 0.0351. The van der Waals surface area contributed by atoms with Gasteiger partial charge in [0.25, 0.3) is 0 Å². The third kappa shape index (κ3) is 6.95. The van der Waals surface area contributed by atoms with Crippen LogP contribution in [0.15, 0.2) is 30.3 Å². The van der Waals surface area contributed by atoms with Crippen LogP contribution in [-0.4, -0.2) is 52.7 Å². The number of amides is 1. The lowest BCUT2D eigenvalue weighted by Crippen LogP contribution is -2.39. The highest BCUT2D eigenvalue weighted by Gasteiger charge is 2.19. The number of nitrogens with zero attached hydrogens (tertiary/aromatic N) is 1. The Morgan fingerprint density at radius 1 is 1.00 bits per heavy atom. The molecule has 0 aliphatic heterocycles. The first-order chi connectivity index (χ1) is 9.99. The Labute approximate surface area is 121 Å². The summed E-state index contributed by atoms with van der Waals surface area (Å²) < 4.78 is 5.39. The molecule has 21 heavy (non-hydrogen) atoms. The van der Waals surface area contributed by atoms with Crippen molar-refractivity contribution >= 4 is 17.8 Å². The van der Waals surface area contributed by atoms with Gasteiger partial charge in [-0.05, 0) is 18.6 Å². The summed E-state index contributed by atoms with van der Waals surface area (Å²) in [7, 11) is 0. The van der Waals surface area contributed by atoms with Gasteiger partial charge in [-0.15, -0.1) is 0 Å². The van der Waals surface area contributed by atoms with Gasteiger partial charge in [0.1, 0.15) is 18.8 Å². The smallest absolute Gasteiger partial charge is 0.323 e. The number of carboxylic acids is 2. The van der Waals surface area contributed by atoms with Crippen molar-refractivity contribution < 1.29 is 29.3 Å². The molecule has 0 saturated carbocycles. The topological polar surface area (TPSA) is 104 Å². The average Bonchev–Trinajstić information content (AvgIpc) is 2.43. The van der Waals surface area contributed by atoms with E-state index >= 15 is 0 Å². The summed E-state index contributed by atoms with van der Waals surface area (Å²) in [5.41, 5.74) is 0. The number of aliphatic carboxylic acids is 2. The molecule has 0 radical (unpaired) electrons. The van der Waals surface area contributed by atoms with Gasteiger partial charge in [0, 0.05) is 6.42 Å². The molecule has 1 rings (SSSR count). The molecule has 0 fully saturated rings. The van der Waals surface area contributed by atoms with E-state index in [1.54, 1.807) is 12.1 Å². The number of rotatable bonds is 9. The lowest BCUT2D eigenvalue weighted by molar-refractivity contribution is -0.149. The van der Waals surface area contributed by atoms with Crippen LogP contribution in [0.2, 0.25) is 0 Å². The summed E-state index contributed by atoms with van der Waals surface area (Å²) in [6.45, 7) is -0.945. The van der Waals surface area contributed by atoms with Gasteiger partial charge in [0.2, 0.25) is 5.91 Å². The van der Waals surface area contributed by atoms with E-state index in [9.17, 15) is 14.4 Å². The number of ether oxygens (including phenoxy) is 1. The lowest BCUT2D eigenvalue weighted by Gasteiger charge is -2.18.